The van der Waals surface area contributed by atoms with Crippen molar-refractivity contribution in [2.75, 3.05) is 5.73 Å². The lowest BCUT2D eigenvalue weighted by Crippen LogP contribution is -2.37. The molecule has 0 radical (unpaired) electrons. The lowest BCUT2D eigenvalue weighted by atomic mass is 9.99. The summed E-state index contributed by atoms with van der Waals surface area (Å²) in [5.74, 6) is 0.423. The molecule has 1 atom stereocenters. The van der Waals surface area contributed by atoms with E-state index in [1.807, 2.05) is 0 Å². The van der Waals surface area contributed by atoms with Gasteiger partial charge < -0.3 is 11.1 Å². The monoisotopic (exact) mass is 300 g/mol. The maximum atomic E-state index is 12.2. The van der Waals surface area contributed by atoms with Gasteiger partial charge in [0.2, 0.25) is 0 Å². The van der Waals surface area contributed by atoms with Crippen molar-refractivity contribution in [3.63, 3.8) is 0 Å². The zero-order valence-corrected chi connectivity index (χ0v) is 12.4. The third-order valence-electron chi connectivity index (χ3n) is 3.81. The molecule has 5 heteroatoms. The van der Waals surface area contributed by atoms with Gasteiger partial charge in [0.25, 0.3) is 5.91 Å². The summed E-state index contributed by atoms with van der Waals surface area (Å²) in [6.45, 7) is 2.05. The van der Waals surface area contributed by atoms with E-state index < -0.39 is 0 Å². The molecule has 0 bridgehead atoms. The molecule has 19 heavy (non-hydrogen) atoms. The molecule has 3 N–H and O–H groups in total. The summed E-state index contributed by atoms with van der Waals surface area (Å²) in [6, 6.07) is 3.28. The molecule has 1 fully saturated rings. The van der Waals surface area contributed by atoms with Gasteiger partial charge in [-0.25, -0.2) is 0 Å². The van der Waals surface area contributed by atoms with E-state index >= 15 is 0 Å². The largest absolute Gasteiger partial charge is 0.396 e. The third kappa shape index (κ3) is 3.34. The Labute approximate surface area is 123 Å². The zero-order valence-electron chi connectivity index (χ0n) is 10.9. The number of carbonyl (C=O) groups excluding carboxylic acids is 1. The van der Waals surface area contributed by atoms with Crippen LogP contribution in [-0.2, 0) is 0 Å². The van der Waals surface area contributed by atoms with Crippen molar-refractivity contribution in [1.82, 2.24) is 5.32 Å². The number of rotatable bonds is 3. The fourth-order valence-corrected chi connectivity index (χ4v) is 3.07. The number of nitrogen functional groups attached to an aromatic ring is 1. The summed E-state index contributed by atoms with van der Waals surface area (Å²) in [6.07, 6.45) is 4.88. The highest BCUT2D eigenvalue weighted by Crippen LogP contribution is 2.30. The molecule has 0 aromatic heterocycles. The average molecular weight is 301 g/mol. The van der Waals surface area contributed by atoms with Gasteiger partial charge in [-0.05, 0) is 37.8 Å². The molecule has 2 rings (SSSR count). The summed E-state index contributed by atoms with van der Waals surface area (Å²) >= 11 is 11.9. The number of amides is 1. The predicted octanol–water partition coefficient (Wildman–Crippen LogP) is 3.88. The molecule has 1 amide bonds. The normalized spacial score (nSPS) is 17.4. The zero-order chi connectivity index (χ0) is 14.0. The second kappa shape index (κ2) is 6.02. The highest BCUT2D eigenvalue weighted by atomic mass is 35.5. The van der Waals surface area contributed by atoms with Gasteiger partial charge in [-0.1, -0.05) is 36.0 Å². The summed E-state index contributed by atoms with van der Waals surface area (Å²) in [5, 5.41) is 3.64. The van der Waals surface area contributed by atoms with E-state index in [1.165, 1.54) is 25.7 Å². The first-order valence-electron chi connectivity index (χ1n) is 6.54. The van der Waals surface area contributed by atoms with E-state index in [0.717, 1.165) is 0 Å². The number of anilines is 1. The number of nitrogens with one attached hydrogen (secondary N) is 1. The Balaban J connectivity index is 2.07. The van der Waals surface area contributed by atoms with E-state index in [9.17, 15) is 4.79 Å². The van der Waals surface area contributed by atoms with Crippen LogP contribution in [0.25, 0.3) is 0 Å². The molecule has 3 nitrogen and oxygen atoms in total. The van der Waals surface area contributed by atoms with Gasteiger partial charge in [0.1, 0.15) is 0 Å². The van der Waals surface area contributed by atoms with Crippen LogP contribution in [0.1, 0.15) is 43.0 Å². The van der Waals surface area contributed by atoms with Gasteiger partial charge >= 0.3 is 0 Å². The third-order valence-corrected chi connectivity index (χ3v) is 4.43. The van der Waals surface area contributed by atoms with Crippen LogP contribution in [0.5, 0.6) is 0 Å². The standard InChI is InChI=1S/C14H18Cl2N2O/c1-8(9-4-2-3-5-9)18-14(19)10-6-11(15)13(17)12(16)7-10/h6-9H,2-5,17H2,1H3,(H,18,19)/t8-/m1/s1. The van der Waals surface area contributed by atoms with E-state index in [1.54, 1.807) is 12.1 Å². The first-order chi connectivity index (χ1) is 8.99. The summed E-state index contributed by atoms with van der Waals surface area (Å²) in [4.78, 5) is 12.2. The number of hydrogen-bond acceptors (Lipinski definition) is 2. The smallest absolute Gasteiger partial charge is 0.251 e. The molecule has 104 valence electrons. The molecular formula is C14H18Cl2N2O. The first kappa shape index (κ1) is 14.5. The van der Waals surface area contributed by atoms with Crippen LogP contribution in [0.4, 0.5) is 5.69 Å². The lowest BCUT2D eigenvalue weighted by molar-refractivity contribution is 0.0927. The Morgan fingerprint density at radius 2 is 1.84 bits per heavy atom. The van der Waals surface area contributed by atoms with Crippen LogP contribution in [0.2, 0.25) is 10.0 Å². The Bertz CT molecular complexity index is 461. The number of halogens is 2. The topological polar surface area (TPSA) is 55.1 Å². The van der Waals surface area contributed by atoms with Crippen LogP contribution in [0.3, 0.4) is 0 Å². The highest BCUT2D eigenvalue weighted by Gasteiger charge is 2.23. The SMILES string of the molecule is C[C@@H](NC(=O)c1cc(Cl)c(N)c(Cl)c1)C1CCCC1. The number of nitrogens with two attached hydrogens (primary N) is 1. The van der Waals surface area contributed by atoms with Crippen molar-refractivity contribution in [2.45, 2.75) is 38.6 Å². The minimum absolute atomic E-state index is 0.150. The van der Waals surface area contributed by atoms with Crippen molar-refractivity contribution in [3.05, 3.63) is 27.7 Å². The average Bonchev–Trinajstić information content (AvgIpc) is 2.89. The van der Waals surface area contributed by atoms with Gasteiger partial charge in [-0.3, -0.25) is 4.79 Å². The Kier molecular flexibility index (Phi) is 4.58. The molecule has 1 aliphatic rings. The maximum Gasteiger partial charge on any atom is 0.251 e. The van der Waals surface area contributed by atoms with Crippen molar-refractivity contribution >= 4 is 34.8 Å². The van der Waals surface area contributed by atoms with Crippen molar-refractivity contribution in [1.29, 1.82) is 0 Å². The van der Waals surface area contributed by atoms with Crippen LogP contribution in [-0.4, -0.2) is 11.9 Å². The second-order valence-electron chi connectivity index (χ2n) is 5.16. The molecule has 1 saturated carbocycles. The summed E-state index contributed by atoms with van der Waals surface area (Å²) in [7, 11) is 0. The summed E-state index contributed by atoms with van der Waals surface area (Å²) < 4.78 is 0. The van der Waals surface area contributed by atoms with E-state index in [-0.39, 0.29) is 11.9 Å². The van der Waals surface area contributed by atoms with Crippen LogP contribution >= 0.6 is 23.2 Å². The molecule has 1 aliphatic carbocycles. The number of carbonyl (C=O) groups is 1. The van der Waals surface area contributed by atoms with E-state index in [2.05, 4.69) is 12.2 Å². The molecule has 0 aliphatic heterocycles. The number of hydrogen-bond donors (Lipinski definition) is 2. The van der Waals surface area contributed by atoms with E-state index in [4.69, 9.17) is 28.9 Å². The maximum absolute atomic E-state index is 12.2. The highest BCUT2D eigenvalue weighted by molar-refractivity contribution is 6.39. The van der Waals surface area contributed by atoms with Gasteiger partial charge in [0.05, 0.1) is 15.7 Å². The Hall–Kier alpha value is -0.930. The van der Waals surface area contributed by atoms with Gasteiger partial charge in [0.15, 0.2) is 0 Å². The fraction of sp³-hybridized carbons (Fsp3) is 0.500. The van der Waals surface area contributed by atoms with Crippen LogP contribution < -0.4 is 11.1 Å². The molecule has 1 aromatic carbocycles. The second-order valence-corrected chi connectivity index (χ2v) is 5.97. The molecule has 0 heterocycles. The van der Waals surface area contributed by atoms with Crippen molar-refractivity contribution < 1.29 is 4.79 Å². The molecular weight excluding hydrogens is 283 g/mol. The van der Waals surface area contributed by atoms with Gasteiger partial charge in [0, 0.05) is 11.6 Å². The van der Waals surface area contributed by atoms with Crippen molar-refractivity contribution in [2.24, 2.45) is 5.92 Å². The van der Waals surface area contributed by atoms with E-state index in [0.29, 0.717) is 27.2 Å². The van der Waals surface area contributed by atoms with Crippen LogP contribution in [0, 0.1) is 5.92 Å². The van der Waals surface area contributed by atoms with Gasteiger partial charge in [-0.2, -0.15) is 0 Å². The number of benzene rings is 1. The minimum Gasteiger partial charge on any atom is -0.396 e. The molecule has 0 unspecified atom stereocenters. The molecule has 0 spiro atoms. The quantitative estimate of drug-likeness (QED) is 0.832. The van der Waals surface area contributed by atoms with Crippen LogP contribution in [0.15, 0.2) is 12.1 Å². The predicted molar refractivity (Wildman–Crippen MR) is 79.8 cm³/mol. The Morgan fingerprint density at radius 1 is 1.32 bits per heavy atom. The summed E-state index contributed by atoms with van der Waals surface area (Å²) in [5.41, 5.74) is 6.42. The fourth-order valence-electron chi connectivity index (χ4n) is 2.58. The minimum atomic E-state index is -0.150. The van der Waals surface area contributed by atoms with Gasteiger partial charge in [-0.15, -0.1) is 0 Å². The first-order valence-corrected chi connectivity index (χ1v) is 7.30. The Morgan fingerprint density at radius 3 is 2.37 bits per heavy atom. The lowest BCUT2D eigenvalue weighted by Gasteiger charge is -2.20. The van der Waals surface area contributed by atoms with Crippen molar-refractivity contribution in [3.8, 4) is 0 Å². The molecule has 0 saturated heterocycles. The molecule has 1 aromatic rings.